The van der Waals surface area contributed by atoms with Gasteiger partial charge in [-0.2, -0.15) is 0 Å². The number of nitrogens with zero attached hydrogens (tertiary/aromatic N) is 3. The topological polar surface area (TPSA) is 19.4 Å². The Bertz CT molecular complexity index is 346. The second kappa shape index (κ2) is 5.15. The minimum absolute atomic E-state index is 0.648. The van der Waals surface area contributed by atoms with Crippen molar-refractivity contribution in [2.75, 3.05) is 31.1 Å². The standard InChI is InChI=1S/C12H18BrN3/c1-10(2)15-6-8-16(9-7-15)12-11(13)4-3-5-14-12/h3-5,10H,6-9H2,1-2H3. The van der Waals surface area contributed by atoms with Crippen LogP contribution >= 0.6 is 15.9 Å². The molecular formula is C12H18BrN3. The van der Waals surface area contributed by atoms with E-state index in [9.17, 15) is 0 Å². The first-order valence-corrected chi connectivity index (χ1v) is 6.57. The van der Waals surface area contributed by atoms with Gasteiger partial charge in [-0.15, -0.1) is 0 Å². The van der Waals surface area contributed by atoms with E-state index in [1.807, 2.05) is 12.3 Å². The summed E-state index contributed by atoms with van der Waals surface area (Å²) in [5, 5.41) is 0. The van der Waals surface area contributed by atoms with Crippen LogP contribution in [-0.2, 0) is 0 Å². The molecule has 0 N–H and O–H groups in total. The first kappa shape index (κ1) is 11.9. The first-order chi connectivity index (χ1) is 7.68. The minimum atomic E-state index is 0.648. The lowest BCUT2D eigenvalue weighted by Crippen LogP contribution is -2.49. The van der Waals surface area contributed by atoms with Crippen LogP contribution in [0.2, 0.25) is 0 Å². The van der Waals surface area contributed by atoms with E-state index < -0.39 is 0 Å². The number of pyridine rings is 1. The van der Waals surface area contributed by atoms with Gasteiger partial charge in [-0.1, -0.05) is 0 Å². The third-order valence-electron chi connectivity index (χ3n) is 3.08. The van der Waals surface area contributed by atoms with Crippen LogP contribution in [0.3, 0.4) is 0 Å². The Balaban J connectivity index is 2.02. The Morgan fingerprint density at radius 1 is 1.25 bits per heavy atom. The van der Waals surface area contributed by atoms with Gasteiger partial charge in [0.25, 0.3) is 0 Å². The monoisotopic (exact) mass is 283 g/mol. The summed E-state index contributed by atoms with van der Waals surface area (Å²) in [4.78, 5) is 9.29. The Labute approximate surface area is 106 Å². The van der Waals surface area contributed by atoms with E-state index >= 15 is 0 Å². The van der Waals surface area contributed by atoms with E-state index in [0.717, 1.165) is 36.5 Å². The smallest absolute Gasteiger partial charge is 0.142 e. The maximum absolute atomic E-state index is 4.43. The van der Waals surface area contributed by atoms with Crippen LogP contribution in [0.1, 0.15) is 13.8 Å². The van der Waals surface area contributed by atoms with Crippen molar-refractivity contribution in [2.24, 2.45) is 0 Å². The molecule has 3 nitrogen and oxygen atoms in total. The molecule has 4 heteroatoms. The molecule has 0 aliphatic carbocycles. The van der Waals surface area contributed by atoms with Gasteiger partial charge in [-0.05, 0) is 41.9 Å². The molecule has 0 spiro atoms. The van der Waals surface area contributed by atoms with Crippen LogP contribution in [0.4, 0.5) is 5.82 Å². The third kappa shape index (κ3) is 2.55. The van der Waals surface area contributed by atoms with Crippen molar-refractivity contribution in [3.8, 4) is 0 Å². The molecule has 2 rings (SSSR count). The second-order valence-electron chi connectivity index (χ2n) is 4.43. The summed E-state index contributed by atoms with van der Waals surface area (Å²) in [5.41, 5.74) is 0. The molecule has 0 atom stereocenters. The van der Waals surface area contributed by atoms with E-state index in [-0.39, 0.29) is 0 Å². The molecule has 2 heterocycles. The zero-order chi connectivity index (χ0) is 11.5. The molecule has 0 unspecified atom stereocenters. The largest absolute Gasteiger partial charge is 0.353 e. The summed E-state index contributed by atoms with van der Waals surface area (Å²) in [6, 6.07) is 4.66. The zero-order valence-electron chi connectivity index (χ0n) is 9.86. The molecule has 0 amide bonds. The van der Waals surface area contributed by atoms with Crippen molar-refractivity contribution in [3.63, 3.8) is 0 Å². The summed E-state index contributed by atoms with van der Waals surface area (Å²) in [6.07, 6.45) is 1.86. The van der Waals surface area contributed by atoms with Crippen molar-refractivity contribution in [1.82, 2.24) is 9.88 Å². The van der Waals surface area contributed by atoms with Crippen LogP contribution in [0.25, 0.3) is 0 Å². The Kier molecular flexibility index (Phi) is 3.82. The van der Waals surface area contributed by atoms with Crippen LogP contribution < -0.4 is 4.90 Å². The summed E-state index contributed by atoms with van der Waals surface area (Å²) >= 11 is 3.56. The molecule has 1 aliphatic heterocycles. The van der Waals surface area contributed by atoms with Crippen molar-refractivity contribution in [3.05, 3.63) is 22.8 Å². The average Bonchev–Trinajstić information content (AvgIpc) is 2.30. The van der Waals surface area contributed by atoms with Gasteiger partial charge in [0.2, 0.25) is 0 Å². The number of halogens is 1. The number of hydrogen-bond acceptors (Lipinski definition) is 3. The lowest BCUT2D eigenvalue weighted by molar-refractivity contribution is 0.209. The molecule has 0 saturated carbocycles. The highest BCUT2D eigenvalue weighted by atomic mass is 79.9. The summed E-state index contributed by atoms with van der Waals surface area (Å²) in [6.45, 7) is 8.89. The Morgan fingerprint density at radius 2 is 1.94 bits per heavy atom. The summed E-state index contributed by atoms with van der Waals surface area (Å²) in [7, 11) is 0. The fraction of sp³-hybridized carbons (Fsp3) is 0.583. The average molecular weight is 284 g/mol. The molecule has 1 fully saturated rings. The van der Waals surface area contributed by atoms with Crippen molar-refractivity contribution >= 4 is 21.7 Å². The highest BCUT2D eigenvalue weighted by Crippen LogP contribution is 2.24. The van der Waals surface area contributed by atoms with Crippen molar-refractivity contribution in [1.29, 1.82) is 0 Å². The SMILES string of the molecule is CC(C)N1CCN(c2ncccc2Br)CC1. The lowest BCUT2D eigenvalue weighted by atomic mass is 10.2. The number of piperazine rings is 1. The van der Waals surface area contributed by atoms with E-state index in [1.165, 1.54) is 0 Å². The van der Waals surface area contributed by atoms with Gasteiger partial charge in [0.1, 0.15) is 5.82 Å². The van der Waals surface area contributed by atoms with Crippen molar-refractivity contribution in [2.45, 2.75) is 19.9 Å². The predicted octanol–water partition coefficient (Wildman–Crippen LogP) is 2.37. The van der Waals surface area contributed by atoms with Gasteiger partial charge < -0.3 is 4.90 Å². The van der Waals surface area contributed by atoms with Gasteiger partial charge in [0.05, 0.1) is 4.47 Å². The molecular weight excluding hydrogens is 266 g/mol. The molecule has 0 aromatic carbocycles. The lowest BCUT2D eigenvalue weighted by Gasteiger charge is -2.37. The molecule has 88 valence electrons. The minimum Gasteiger partial charge on any atom is -0.353 e. The van der Waals surface area contributed by atoms with E-state index in [0.29, 0.717) is 6.04 Å². The van der Waals surface area contributed by atoms with Crippen LogP contribution in [0.5, 0.6) is 0 Å². The molecule has 0 bridgehead atoms. The van der Waals surface area contributed by atoms with Crippen LogP contribution in [0, 0.1) is 0 Å². The quantitative estimate of drug-likeness (QED) is 0.831. The fourth-order valence-corrected chi connectivity index (χ4v) is 2.57. The summed E-state index contributed by atoms with van der Waals surface area (Å²) in [5.74, 6) is 1.07. The first-order valence-electron chi connectivity index (χ1n) is 5.78. The molecule has 16 heavy (non-hydrogen) atoms. The van der Waals surface area contributed by atoms with E-state index in [2.05, 4.69) is 50.6 Å². The number of aromatic nitrogens is 1. The Hall–Kier alpha value is -0.610. The third-order valence-corrected chi connectivity index (χ3v) is 3.70. The van der Waals surface area contributed by atoms with Gasteiger partial charge in [-0.3, -0.25) is 4.90 Å². The molecule has 1 aromatic heterocycles. The molecule has 0 radical (unpaired) electrons. The van der Waals surface area contributed by atoms with Crippen LogP contribution in [-0.4, -0.2) is 42.1 Å². The second-order valence-corrected chi connectivity index (χ2v) is 5.28. The molecule has 1 aromatic rings. The fourth-order valence-electron chi connectivity index (χ4n) is 2.06. The maximum Gasteiger partial charge on any atom is 0.142 e. The molecule has 1 aliphatic rings. The van der Waals surface area contributed by atoms with Gasteiger partial charge >= 0.3 is 0 Å². The van der Waals surface area contributed by atoms with Crippen molar-refractivity contribution < 1.29 is 0 Å². The summed E-state index contributed by atoms with van der Waals surface area (Å²) < 4.78 is 1.09. The zero-order valence-corrected chi connectivity index (χ0v) is 11.4. The highest BCUT2D eigenvalue weighted by molar-refractivity contribution is 9.10. The predicted molar refractivity (Wildman–Crippen MR) is 70.9 cm³/mol. The number of rotatable bonds is 2. The van der Waals surface area contributed by atoms with E-state index in [1.54, 1.807) is 0 Å². The molecule has 1 saturated heterocycles. The number of anilines is 1. The van der Waals surface area contributed by atoms with Crippen LogP contribution in [0.15, 0.2) is 22.8 Å². The highest BCUT2D eigenvalue weighted by Gasteiger charge is 2.20. The maximum atomic E-state index is 4.43. The van der Waals surface area contributed by atoms with Gasteiger partial charge in [-0.25, -0.2) is 4.98 Å². The Morgan fingerprint density at radius 3 is 2.50 bits per heavy atom. The normalized spacial score (nSPS) is 18.1. The number of hydrogen-bond donors (Lipinski definition) is 0. The van der Waals surface area contributed by atoms with Gasteiger partial charge in [0.15, 0.2) is 0 Å². The van der Waals surface area contributed by atoms with Gasteiger partial charge in [0, 0.05) is 38.4 Å². The van der Waals surface area contributed by atoms with E-state index in [4.69, 9.17) is 0 Å².